The van der Waals surface area contributed by atoms with Crippen LogP contribution in [-0.2, 0) is 4.79 Å². The molecule has 0 aliphatic carbocycles. The van der Waals surface area contributed by atoms with Crippen molar-refractivity contribution < 1.29 is 9.18 Å². The highest BCUT2D eigenvalue weighted by atomic mass is 19.1. The third-order valence-electron chi connectivity index (χ3n) is 5.07. The molecule has 3 aromatic rings. The zero-order chi connectivity index (χ0) is 21.8. The number of carbonyl (C=O) groups excluding carboxylic acids is 1. The summed E-state index contributed by atoms with van der Waals surface area (Å²) in [5.74, 6) is 1.87. The van der Waals surface area contributed by atoms with Gasteiger partial charge in [-0.3, -0.25) is 9.78 Å². The molecule has 1 fully saturated rings. The van der Waals surface area contributed by atoms with Gasteiger partial charge in [0.1, 0.15) is 23.3 Å². The molecule has 0 saturated carbocycles. The summed E-state index contributed by atoms with van der Waals surface area (Å²) in [6.07, 6.45) is 4.78. The van der Waals surface area contributed by atoms with Crippen LogP contribution in [0.15, 0.2) is 48.9 Å². The first-order valence-corrected chi connectivity index (χ1v) is 9.92. The van der Waals surface area contributed by atoms with Crippen LogP contribution in [0.5, 0.6) is 0 Å². The van der Waals surface area contributed by atoms with Crippen LogP contribution < -0.4 is 20.9 Å². The van der Waals surface area contributed by atoms with Crippen LogP contribution in [0.2, 0.25) is 0 Å². The first-order valence-electron chi connectivity index (χ1n) is 9.92. The topological polar surface area (TPSA) is 108 Å². The van der Waals surface area contributed by atoms with E-state index < -0.39 is 0 Å². The molecule has 31 heavy (non-hydrogen) atoms. The van der Waals surface area contributed by atoms with E-state index in [0.717, 1.165) is 5.56 Å². The number of rotatable bonds is 7. The lowest BCUT2D eigenvalue weighted by Crippen LogP contribution is -2.53. The van der Waals surface area contributed by atoms with Crippen molar-refractivity contribution in [3.63, 3.8) is 0 Å². The molecule has 3 N–H and O–H groups in total. The lowest BCUT2D eigenvalue weighted by molar-refractivity contribution is -0.125. The number of nitrogens with zero attached hydrogens (tertiary/aromatic N) is 5. The average molecular weight is 422 g/mol. The zero-order valence-electron chi connectivity index (χ0n) is 17.2. The molecule has 1 saturated heterocycles. The molecule has 3 heterocycles. The SMILES string of the molecule is CNC(=O)C1CN(c2cc(Nc3cnccn3)nc(N[C@@H](C)c3ccc(F)cc3)n2)C1. The van der Waals surface area contributed by atoms with Gasteiger partial charge in [0.2, 0.25) is 11.9 Å². The summed E-state index contributed by atoms with van der Waals surface area (Å²) in [4.78, 5) is 31.3. The molecule has 4 rings (SSSR count). The minimum atomic E-state index is -0.284. The number of hydrogen-bond acceptors (Lipinski definition) is 8. The minimum Gasteiger partial charge on any atom is -0.359 e. The second kappa shape index (κ2) is 8.90. The van der Waals surface area contributed by atoms with Gasteiger partial charge in [0, 0.05) is 38.6 Å². The van der Waals surface area contributed by atoms with E-state index in [2.05, 4.69) is 35.9 Å². The Morgan fingerprint density at radius 3 is 2.61 bits per heavy atom. The maximum absolute atomic E-state index is 13.2. The number of benzene rings is 1. The second-order valence-corrected chi connectivity index (χ2v) is 7.28. The van der Waals surface area contributed by atoms with Gasteiger partial charge in [-0.2, -0.15) is 9.97 Å². The maximum Gasteiger partial charge on any atom is 0.227 e. The predicted octanol–water partition coefficient (Wildman–Crippen LogP) is 2.50. The summed E-state index contributed by atoms with van der Waals surface area (Å²) in [7, 11) is 1.64. The van der Waals surface area contributed by atoms with Crippen molar-refractivity contribution in [1.82, 2.24) is 25.3 Å². The van der Waals surface area contributed by atoms with Crippen molar-refractivity contribution in [2.24, 2.45) is 5.92 Å². The Hall–Kier alpha value is -3.82. The molecule has 10 heteroatoms. The Labute approximate surface area is 179 Å². The van der Waals surface area contributed by atoms with Crippen molar-refractivity contribution in [1.29, 1.82) is 0 Å². The molecule has 0 spiro atoms. The summed E-state index contributed by atoms with van der Waals surface area (Å²) < 4.78 is 13.2. The van der Waals surface area contributed by atoms with Crippen LogP contribution in [0.3, 0.4) is 0 Å². The van der Waals surface area contributed by atoms with Crippen molar-refractivity contribution in [2.45, 2.75) is 13.0 Å². The van der Waals surface area contributed by atoms with Gasteiger partial charge >= 0.3 is 0 Å². The van der Waals surface area contributed by atoms with Gasteiger partial charge in [-0.25, -0.2) is 9.37 Å². The van der Waals surface area contributed by atoms with Gasteiger partial charge in [-0.1, -0.05) is 12.1 Å². The van der Waals surface area contributed by atoms with E-state index in [1.165, 1.54) is 12.1 Å². The number of amides is 1. The summed E-state index contributed by atoms with van der Waals surface area (Å²) in [5, 5.41) is 9.08. The lowest BCUT2D eigenvalue weighted by Gasteiger charge is -2.39. The van der Waals surface area contributed by atoms with Crippen LogP contribution >= 0.6 is 0 Å². The molecule has 0 bridgehead atoms. The summed E-state index contributed by atoms with van der Waals surface area (Å²) in [6, 6.07) is 7.95. The first kappa shape index (κ1) is 20.5. The van der Waals surface area contributed by atoms with Crippen molar-refractivity contribution in [3.05, 3.63) is 60.3 Å². The lowest BCUT2D eigenvalue weighted by atomic mass is 9.99. The van der Waals surface area contributed by atoms with Crippen LogP contribution in [0.4, 0.5) is 27.8 Å². The van der Waals surface area contributed by atoms with Gasteiger partial charge in [-0.05, 0) is 24.6 Å². The number of nitrogens with one attached hydrogen (secondary N) is 3. The number of halogens is 1. The Bertz CT molecular complexity index is 1040. The van der Waals surface area contributed by atoms with E-state index >= 15 is 0 Å². The van der Waals surface area contributed by atoms with Crippen molar-refractivity contribution >= 4 is 29.3 Å². The molecule has 0 radical (unpaired) electrons. The highest BCUT2D eigenvalue weighted by Gasteiger charge is 2.33. The van der Waals surface area contributed by atoms with E-state index in [-0.39, 0.29) is 23.7 Å². The molecule has 1 atom stereocenters. The molecule has 1 aliphatic heterocycles. The first-order chi connectivity index (χ1) is 15.0. The molecular weight excluding hydrogens is 399 g/mol. The van der Waals surface area contributed by atoms with Gasteiger partial charge in [0.15, 0.2) is 0 Å². The third-order valence-corrected chi connectivity index (χ3v) is 5.07. The fourth-order valence-electron chi connectivity index (χ4n) is 3.28. The smallest absolute Gasteiger partial charge is 0.227 e. The number of aromatic nitrogens is 4. The molecule has 1 amide bonds. The molecule has 1 aliphatic rings. The highest BCUT2D eigenvalue weighted by Crippen LogP contribution is 2.28. The van der Waals surface area contributed by atoms with Crippen LogP contribution in [-0.4, -0.2) is 46.0 Å². The third kappa shape index (κ3) is 4.85. The van der Waals surface area contributed by atoms with Gasteiger partial charge in [-0.15, -0.1) is 0 Å². The Balaban J connectivity index is 1.56. The molecule has 160 valence electrons. The quantitative estimate of drug-likeness (QED) is 0.533. The van der Waals surface area contributed by atoms with Gasteiger partial charge in [0.05, 0.1) is 18.2 Å². The number of anilines is 4. The summed E-state index contributed by atoms with van der Waals surface area (Å²) >= 11 is 0. The van der Waals surface area contributed by atoms with E-state index in [0.29, 0.717) is 36.5 Å². The van der Waals surface area contributed by atoms with E-state index in [1.54, 1.807) is 37.8 Å². The van der Waals surface area contributed by atoms with E-state index in [1.807, 2.05) is 17.9 Å². The van der Waals surface area contributed by atoms with Crippen molar-refractivity contribution in [3.8, 4) is 0 Å². The molecular formula is C21H23FN8O. The van der Waals surface area contributed by atoms with Gasteiger partial charge < -0.3 is 20.9 Å². The number of carbonyl (C=O) groups is 1. The van der Waals surface area contributed by atoms with Crippen molar-refractivity contribution in [2.75, 3.05) is 35.7 Å². The molecule has 9 nitrogen and oxygen atoms in total. The Morgan fingerprint density at radius 1 is 1.16 bits per heavy atom. The van der Waals surface area contributed by atoms with Crippen LogP contribution in [0.1, 0.15) is 18.5 Å². The summed E-state index contributed by atoms with van der Waals surface area (Å²) in [6.45, 7) is 3.10. The highest BCUT2D eigenvalue weighted by molar-refractivity contribution is 5.81. The standard InChI is InChI=1S/C21H23FN8O/c1-13(14-3-5-16(22)6-4-14)26-21-28-17(27-18-10-24-7-8-25-18)9-19(29-21)30-11-15(12-30)20(31)23-2/h3-10,13,15H,11-12H2,1-2H3,(H,23,31)(H2,25,26,27,28,29)/t13-/m0/s1. The van der Waals surface area contributed by atoms with Crippen LogP contribution in [0.25, 0.3) is 0 Å². The van der Waals surface area contributed by atoms with E-state index in [4.69, 9.17) is 0 Å². The predicted molar refractivity (Wildman–Crippen MR) is 116 cm³/mol. The molecule has 1 aromatic carbocycles. The van der Waals surface area contributed by atoms with Gasteiger partial charge in [0.25, 0.3) is 0 Å². The normalized spacial score (nSPS) is 14.5. The second-order valence-electron chi connectivity index (χ2n) is 7.28. The monoisotopic (exact) mass is 422 g/mol. The number of hydrogen-bond donors (Lipinski definition) is 3. The maximum atomic E-state index is 13.2. The molecule has 2 aromatic heterocycles. The fraction of sp³-hybridized carbons (Fsp3) is 0.286. The minimum absolute atomic E-state index is 0.0199. The Kier molecular flexibility index (Phi) is 5.87. The largest absolute Gasteiger partial charge is 0.359 e. The Morgan fingerprint density at radius 2 is 1.94 bits per heavy atom. The van der Waals surface area contributed by atoms with Crippen LogP contribution in [0, 0.1) is 11.7 Å². The summed E-state index contributed by atoms with van der Waals surface area (Å²) in [5.41, 5.74) is 0.905. The zero-order valence-corrected chi connectivity index (χ0v) is 17.2. The average Bonchev–Trinajstić information content (AvgIpc) is 2.73. The fourth-order valence-corrected chi connectivity index (χ4v) is 3.28. The van der Waals surface area contributed by atoms with E-state index in [9.17, 15) is 9.18 Å². The molecule has 0 unspecified atom stereocenters.